The van der Waals surface area contributed by atoms with Crippen molar-refractivity contribution in [3.05, 3.63) is 89.5 Å². The highest BCUT2D eigenvalue weighted by atomic mass is 16.2. The van der Waals surface area contributed by atoms with E-state index in [0.29, 0.717) is 16.9 Å². The van der Waals surface area contributed by atoms with Gasteiger partial charge in [0.2, 0.25) is 5.91 Å². The van der Waals surface area contributed by atoms with E-state index < -0.39 is 0 Å². The Morgan fingerprint density at radius 2 is 1.60 bits per heavy atom. The van der Waals surface area contributed by atoms with Gasteiger partial charge in [0.05, 0.1) is 17.0 Å². The molecule has 2 heterocycles. The van der Waals surface area contributed by atoms with Gasteiger partial charge in [-0.3, -0.25) is 14.5 Å². The summed E-state index contributed by atoms with van der Waals surface area (Å²) in [7, 11) is 0. The van der Waals surface area contributed by atoms with Crippen molar-refractivity contribution < 1.29 is 9.59 Å². The highest BCUT2D eigenvalue weighted by Gasteiger charge is 2.28. The second-order valence-electron chi connectivity index (χ2n) is 9.17. The maximum absolute atomic E-state index is 13.1. The third-order valence-electron chi connectivity index (χ3n) is 6.48. The molecule has 178 valence electrons. The summed E-state index contributed by atoms with van der Waals surface area (Å²) in [6.45, 7) is 4.77. The number of carbonyl (C=O) groups is 2. The van der Waals surface area contributed by atoms with Gasteiger partial charge >= 0.3 is 0 Å². The summed E-state index contributed by atoms with van der Waals surface area (Å²) in [5, 5.41) is 9.25. The van der Waals surface area contributed by atoms with Gasteiger partial charge in [0.25, 0.3) is 5.91 Å². The van der Waals surface area contributed by atoms with Crippen LogP contribution in [-0.4, -0.2) is 29.8 Å². The van der Waals surface area contributed by atoms with Crippen LogP contribution >= 0.6 is 0 Å². The molecule has 2 aliphatic rings. The molecule has 0 bridgehead atoms. The topological polar surface area (TPSA) is 73.5 Å². The molecule has 0 atom stereocenters. The number of piperidine rings is 1. The smallest absolute Gasteiger partial charge is 0.258 e. The van der Waals surface area contributed by atoms with E-state index in [1.54, 1.807) is 6.07 Å². The fraction of sp³-hybridized carbons (Fsp3) is 0.241. The minimum absolute atomic E-state index is 0.152. The maximum Gasteiger partial charge on any atom is 0.258 e. The van der Waals surface area contributed by atoms with E-state index >= 15 is 0 Å². The van der Waals surface area contributed by atoms with Crippen LogP contribution in [-0.2, 0) is 16.1 Å². The Kier molecular flexibility index (Phi) is 6.64. The zero-order valence-corrected chi connectivity index (χ0v) is 19.9. The summed E-state index contributed by atoms with van der Waals surface area (Å²) in [5.74, 6) is -0.325. The summed E-state index contributed by atoms with van der Waals surface area (Å²) in [4.78, 5) is 27.1. The number of hydrogen-bond donors (Lipinski definition) is 3. The molecule has 2 amide bonds. The molecule has 3 aromatic carbocycles. The molecule has 6 nitrogen and oxygen atoms in total. The Morgan fingerprint density at radius 1 is 0.886 bits per heavy atom. The van der Waals surface area contributed by atoms with E-state index in [0.717, 1.165) is 29.1 Å². The third-order valence-corrected chi connectivity index (χ3v) is 6.48. The Labute approximate surface area is 206 Å². The lowest BCUT2D eigenvalue weighted by atomic mass is 9.99. The van der Waals surface area contributed by atoms with E-state index in [2.05, 4.69) is 45.1 Å². The van der Waals surface area contributed by atoms with Gasteiger partial charge in [0, 0.05) is 30.4 Å². The van der Waals surface area contributed by atoms with E-state index in [9.17, 15) is 9.59 Å². The standard InChI is InChI=1S/C29H30N4O2/c1-20(34)30-24-14-15-25-26(18-24)32-29(35)27(25)28(22-8-4-2-5-9-22)31-23-12-10-21(11-13-23)19-33-16-6-3-7-17-33/h2,4-5,8-15,18,31H,3,6-7,16-17,19H2,1H3,(H,30,34)(H,32,35)/b28-27+. The zero-order chi connectivity index (χ0) is 24.2. The maximum atomic E-state index is 13.1. The Bertz CT molecular complexity index is 1260. The van der Waals surface area contributed by atoms with Crippen molar-refractivity contribution >= 4 is 40.1 Å². The molecule has 0 saturated carbocycles. The van der Waals surface area contributed by atoms with Crippen LogP contribution in [0.4, 0.5) is 17.1 Å². The van der Waals surface area contributed by atoms with E-state index in [1.807, 2.05) is 42.5 Å². The summed E-state index contributed by atoms with van der Waals surface area (Å²) >= 11 is 0. The number of amides is 2. The summed E-state index contributed by atoms with van der Waals surface area (Å²) < 4.78 is 0. The van der Waals surface area contributed by atoms with Crippen molar-refractivity contribution in [2.75, 3.05) is 29.0 Å². The highest BCUT2D eigenvalue weighted by Crippen LogP contribution is 2.39. The molecule has 0 unspecified atom stereocenters. The number of carbonyl (C=O) groups excluding carboxylic acids is 2. The van der Waals surface area contributed by atoms with Crippen LogP contribution in [0.2, 0.25) is 0 Å². The minimum Gasteiger partial charge on any atom is -0.354 e. The van der Waals surface area contributed by atoms with Gasteiger partial charge in [-0.15, -0.1) is 0 Å². The molecular weight excluding hydrogens is 436 g/mol. The number of rotatable bonds is 6. The molecule has 0 aromatic heterocycles. The van der Waals surface area contributed by atoms with E-state index in [4.69, 9.17) is 0 Å². The van der Waals surface area contributed by atoms with Crippen LogP contribution in [0, 0.1) is 0 Å². The normalized spacial score (nSPS) is 16.9. The average Bonchev–Trinajstić information content (AvgIpc) is 3.19. The fourth-order valence-corrected chi connectivity index (χ4v) is 4.80. The monoisotopic (exact) mass is 466 g/mol. The predicted molar refractivity (Wildman–Crippen MR) is 142 cm³/mol. The quantitative estimate of drug-likeness (QED) is 0.416. The van der Waals surface area contributed by atoms with Crippen LogP contribution in [0.3, 0.4) is 0 Å². The third kappa shape index (κ3) is 5.28. The molecule has 6 heteroatoms. The van der Waals surface area contributed by atoms with Crippen molar-refractivity contribution in [3.63, 3.8) is 0 Å². The van der Waals surface area contributed by atoms with Crippen LogP contribution in [0.1, 0.15) is 42.9 Å². The van der Waals surface area contributed by atoms with Gasteiger partial charge in [-0.1, -0.05) is 48.9 Å². The lowest BCUT2D eigenvalue weighted by Crippen LogP contribution is -2.29. The van der Waals surface area contributed by atoms with Gasteiger partial charge in [0.15, 0.2) is 0 Å². The molecule has 35 heavy (non-hydrogen) atoms. The molecule has 3 aromatic rings. The van der Waals surface area contributed by atoms with E-state index in [1.165, 1.54) is 44.8 Å². The van der Waals surface area contributed by atoms with Crippen LogP contribution in [0.15, 0.2) is 72.8 Å². The number of nitrogens with zero attached hydrogens (tertiary/aromatic N) is 1. The van der Waals surface area contributed by atoms with Gasteiger partial charge in [-0.25, -0.2) is 0 Å². The second kappa shape index (κ2) is 10.2. The number of nitrogens with one attached hydrogen (secondary N) is 3. The molecule has 3 N–H and O–H groups in total. The van der Waals surface area contributed by atoms with Crippen molar-refractivity contribution in [2.24, 2.45) is 0 Å². The number of likely N-dealkylation sites (tertiary alicyclic amines) is 1. The van der Waals surface area contributed by atoms with Gasteiger partial charge in [0.1, 0.15) is 0 Å². The molecule has 2 aliphatic heterocycles. The second-order valence-corrected chi connectivity index (χ2v) is 9.17. The molecule has 1 saturated heterocycles. The summed E-state index contributed by atoms with van der Waals surface area (Å²) in [6, 6.07) is 23.8. The molecular formula is C29H30N4O2. The van der Waals surface area contributed by atoms with Crippen LogP contribution in [0.25, 0.3) is 11.3 Å². The lowest BCUT2D eigenvalue weighted by Gasteiger charge is -2.26. The largest absolute Gasteiger partial charge is 0.354 e. The first-order chi connectivity index (χ1) is 17.1. The average molecular weight is 467 g/mol. The van der Waals surface area contributed by atoms with Crippen molar-refractivity contribution in [3.8, 4) is 0 Å². The number of fused-ring (bicyclic) bond motifs is 1. The molecule has 0 spiro atoms. The van der Waals surface area contributed by atoms with Crippen molar-refractivity contribution in [1.29, 1.82) is 0 Å². The highest BCUT2D eigenvalue weighted by molar-refractivity contribution is 6.37. The number of hydrogen-bond acceptors (Lipinski definition) is 4. The first-order valence-electron chi connectivity index (χ1n) is 12.2. The SMILES string of the molecule is CC(=O)Nc1ccc2c(c1)NC(=O)/C2=C(/Nc1ccc(CN2CCCCC2)cc1)c1ccccc1. The number of anilines is 3. The van der Waals surface area contributed by atoms with Gasteiger partial charge in [-0.05, 0) is 67.4 Å². The molecule has 0 aliphatic carbocycles. The van der Waals surface area contributed by atoms with Crippen LogP contribution in [0.5, 0.6) is 0 Å². The minimum atomic E-state index is -0.173. The Balaban J connectivity index is 1.46. The van der Waals surface area contributed by atoms with Crippen molar-refractivity contribution in [2.45, 2.75) is 32.7 Å². The zero-order valence-electron chi connectivity index (χ0n) is 19.9. The van der Waals surface area contributed by atoms with Crippen LogP contribution < -0.4 is 16.0 Å². The predicted octanol–water partition coefficient (Wildman–Crippen LogP) is 5.56. The fourth-order valence-electron chi connectivity index (χ4n) is 4.80. The molecule has 1 fully saturated rings. The first-order valence-corrected chi connectivity index (χ1v) is 12.2. The van der Waals surface area contributed by atoms with Gasteiger partial charge < -0.3 is 16.0 Å². The number of benzene rings is 3. The lowest BCUT2D eigenvalue weighted by molar-refractivity contribution is -0.114. The molecule has 0 radical (unpaired) electrons. The Morgan fingerprint density at radius 3 is 2.31 bits per heavy atom. The van der Waals surface area contributed by atoms with Crippen molar-refractivity contribution in [1.82, 2.24) is 4.90 Å². The Hall–Kier alpha value is -3.90. The summed E-state index contributed by atoms with van der Waals surface area (Å²) in [6.07, 6.45) is 3.90. The molecule has 5 rings (SSSR count). The van der Waals surface area contributed by atoms with Gasteiger partial charge in [-0.2, -0.15) is 0 Å². The first kappa shape index (κ1) is 22.9. The summed E-state index contributed by atoms with van der Waals surface area (Å²) in [5.41, 5.74) is 6.61. The van der Waals surface area contributed by atoms with E-state index in [-0.39, 0.29) is 11.8 Å².